The molecule has 0 N–H and O–H groups in total. The van der Waals surface area contributed by atoms with Crippen LogP contribution in [0.25, 0.3) is 22.4 Å². The quantitative estimate of drug-likeness (QED) is 0.534. The Balaban J connectivity index is 1.64. The van der Waals surface area contributed by atoms with Gasteiger partial charge in [-0.2, -0.15) is 10.4 Å². The summed E-state index contributed by atoms with van der Waals surface area (Å²) in [5.41, 5.74) is 5.65. The molecule has 34 heavy (non-hydrogen) atoms. The van der Waals surface area contributed by atoms with Crippen molar-refractivity contribution >= 4 is 6.09 Å². The number of fused-ring (bicyclic) bond motifs is 1. The molecule has 1 aliphatic heterocycles. The Labute approximate surface area is 200 Å². The van der Waals surface area contributed by atoms with Crippen LogP contribution in [0.2, 0.25) is 0 Å². The molecule has 5 rings (SSSR count). The van der Waals surface area contributed by atoms with Crippen molar-refractivity contribution in [2.24, 2.45) is 5.92 Å². The van der Waals surface area contributed by atoms with Gasteiger partial charge >= 0.3 is 6.09 Å². The molecule has 3 aromatic rings. The summed E-state index contributed by atoms with van der Waals surface area (Å²) in [7, 11) is 0. The minimum atomic E-state index is -0.558. The Morgan fingerprint density at radius 2 is 1.88 bits per heavy atom. The van der Waals surface area contributed by atoms with Crippen LogP contribution in [0.15, 0.2) is 42.7 Å². The second-order valence-corrected chi connectivity index (χ2v) is 10.2. The van der Waals surface area contributed by atoms with E-state index in [1.807, 2.05) is 62.9 Å². The summed E-state index contributed by atoms with van der Waals surface area (Å²) in [6.07, 6.45) is 5.49. The lowest BCUT2D eigenvalue weighted by atomic mass is 9.96. The minimum absolute atomic E-state index is 0.0630. The Bertz CT molecular complexity index is 1280. The van der Waals surface area contributed by atoms with E-state index < -0.39 is 5.60 Å². The number of amides is 1. The van der Waals surface area contributed by atoms with Gasteiger partial charge in [0.2, 0.25) is 0 Å². The number of hydrogen-bond donors (Lipinski definition) is 0. The first-order valence-electron chi connectivity index (χ1n) is 11.8. The van der Waals surface area contributed by atoms with Gasteiger partial charge in [-0.05, 0) is 75.8 Å². The Kier molecular flexibility index (Phi) is 5.40. The molecule has 7 nitrogen and oxygen atoms in total. The van der Waals surface area contributed by atoms with E-state index in [2.05, 4.69) is 15.7 Å². The fourth-order valence-electron chi connectivity index (χ4n) is 4.68. The smallest absolute Gasteiger partial charge is 0.410 e. The third-order valence-electron chi connectivity index (χ3n) is 6.53. The molecule has 2 aromatic heterocycles. The molecule has 0 spiro atoms. The van der Waals surface area contributed by atoms with Crippen molar-refractivity contribution in [1.29, 1.82) is 5.26 Å². The number of nitriles is 1. The first kappa shape index (κ1) is 22.1. The third kappa shape index (κ3) is 4.16. The van der Waals surface area contributed by atoms with Gasteiger partial charge in [0, 0.05) is 23.5 Å². The van der Waals surface area contributed by atoms with Crippen molar-refractivity contribution in [3.8, 4) is 28.5 Å². The lowest BCUT2D eigenvalue weighted by Gasteiger charge is -2.37. The van der Waals surface area contributed by atoms with Gasteiger partial charge in [-0.1, -0.05) is 12.1 Å². The van der Waals surface area contributed by atoms with Gasteiger partial charge in [-0.15, -0.1) is 0 Å². The second kappa shape index (κ2) is 8.28. The molecule has 0 radical (unpaired) electrons. The zero-order valence-electron chi connectivity index (χ0n) is 20.1. The van der Waals surface area contributed by atoms with Gasteiger partial charge in [-0.25, -0.2) is 4.79 Å². The highest BCUT2D eigenvalue weighted by Crippen LogP contribution is 2.43. The lowest BCUT2D eigenvalue weighted by molar-refractivity contribution is 0.00373. The number of benzene rings is 1. The second-order valence-electron chi connectivity index (χ2n) is 10.2. The molecule has 1 atom stereocenters. The fourth-order valence-corrected chi connectivity index (χ4v) is 4.68. The van der Waals surface area contributed by atoms with Crippen LogP contribution in [-0.2, 0) is 17.8 Å². The van der Waals surface area contributed by atoms with E-state index in [-0.39, 0.29) is 12.1 Å². The standard InChI is InChI=1S/C27H29N5O2/c1-17-5-6-20(13-21(17)14-28)25-24(19-9-11-29-12-10-19)23-15-31(26(33)34-27(2,3)4)22(18-7-8-18)16-32(23)30-25/h5-6,9-13,18,22H,7-8,15-16H2,1-4H3/t22-/m1/s1. The lowest BCUT2D eigenvalue weighted by Crippen LogP contribution is -2.49. The maximum atomic E-state index is 13.2. The molecule has 3 heterocycles. The van der Waals surface area contributed by atoms with Gasteiger partial charge in [0.05, 0.1) is 36.5 Å². The molecule has 1 aromatic carbocycles. The van der Waals surface area contributed by atoms with Crippen LogP contribution in [0.3, 0.4) is 0 Å². The van der Waals surface area contributed by atoms with E-state index >= 15 is 0 Å². The van der Waals surface area contributed by atoms with Gasteiger partial charge < -0.3 is 4.74 Å². The number of aromatic nitrogens is 3. The van der Waals surface area contributed by atoms with Crippen molar-refractivity contribution in [2.75, 3.05) is 0 Å². The molecule has 1 fully saturated rings. The molecule has 1 aliphatic carbocycles. The van der Waals surface area contributed by atoms with Crippen LogP contribution < -0.4 is 0 Å². The van der Waals surface area contributed by atoms with Gasteiger partial charge in [0.15, 0.2) is 0 Å². The van der Waals surface area contributed by atoms with Crippen LogP contribution >= 0.6 is 0 Å². The highest BCUT2D eigenvalue weighted by Gasteiger charge is 2.43. The fraction of sp³-hybridized carbons (Fsp3) is 0.407. The molecule has 174 valence electrons. The summed E-state index contributed by atoms with van der Waals surface area (Å²) in [4.78, 5) is 19.3. The van der Waals surface area contributed by atoms with Crippen molar-refractivity contribution < 1.29 is 9.53 Å². The van der Waals surface area contributed by atoms with E-state index in [0.717, 1.165) is 46.5 Å². The molecular weight excluding hydrogens is 426 g/mol. The molecule has 0 unspecified atom stereocenters. The van der Waals surface area contributed by atoms with Crippen LogP contribution in [0, 0.1) is 24.2 Å². The Hall–Kier alpha value is -3.66. The molecule has 2 aliphatic rings. The number of pyridine rings is 1. The normalized spacial score (nSPS) is 17.7. The van der Waals surface area contributed by atoms with Crippen LogP contribution in [0.4, 0.5) is 4.79 Å². The number of nitrogens with zero attached hydrogens (tertiary/aromatic N) is 5. The largest absolute Gasteiger partial charge is 0.444 e. The molecule has 1 saturated carbocycles. The highest BCUT2D eigenvalue weighted by atomic mass is 16.6. The number of hydrogen-bond acceptors (Lipinski definition) is 5. The maximum absolute atomic E-state index is 13.2. The first-order valence-corrected chi connectivity index (χ1v) is 11.8. The summed E-state index contributed by atoms with van der Waals surface area (Å²) in [5, 5.41) is 14.6. The summed E-state index contributed by atoms with van der Waals surface area (Å²) in [6, 6.07) is 12.2. The number of ether oxygens (including phenoxy) is 1. The number of rotatable bonds is 3. The van der Waals surface area contributed by atoms with Crippen molar-refractivity contribution in [2.45, 2.75) is 65.3 Å². The first-order chi connectivity index (χ1) is 16.2. The van der Waals surface area contributed by atoms with Crippen molar-refractivity contribution in [1.82, 2.24) is 19.7 Å². The zero-order valence-corrected chi connectivity index (χ0v) is 20.1. The minimum Gasteiger partial charge on any atom is -0.444 e. The maximum Gasteiger partial charge on any atom is 0.410 e. The Morgan fingerprint density at radius 1 is 1.15 bits per heavy atom. The van der Waals surface area contributed by atoms with E-state index in [4.69, 9.17) is 9.84 Å². The van der Waals surface area contributed by atoms with E-state index in [0.29, 0.717) is 24.6 Å². The SMILES string of the molecule is Cc1ccc(-c2nn3c(c2-c2ccncc2)CN(C(=O)OC(C)(C)C)[C@@H](C2CC2)C3)cc1C#N. The number of carbonyl (C=O) groups excluding carboxylic acids is 1. The predicted molar refractivity (Wildman–Crippen MR) is 129 cm³/mol. The molecule has 0 saturated heterocycles. The van der Waals surface area contributed by atoms with Gasteiger partial charge in [0.25, 0.3) is 0 Å². The highest BCUT2D eigenvalue weighted by molar-refractivity contribution is 5.84. The predicted octanol–water partition coefficient (Wildman–Crippen LogP) is 5.32. The van der Waals surface area contributed by atoms with E-state index in [1.54, 1.807) is 12.4 Å². The van der Waals surface area contributed by atoms with Crippen LogP contribution in [-0.4, -0.2) is 37.4 Å². The topological polar surface area (TPSA) is 84.0 Å². The Morgan fingerprint density at radius 3 is 2.53 bits per heavy atom. The van der Waals surface area contributed by atoms with Crippen molar-refractivity contribution in [3.63, 3.8) is 0 Å². The summed E-state index contributed by atoms with van der Waals surface area (Å²) < 4.78 is 7.85. The summed E-state index contributed by atoms with van der Waals surface area (Å²) in [6.45, 7) is 8.69. The van der Waals surface area contributed by atoms with Crippen LogP contribution in [0.1, 0.15) is 50.4 Å². The molecule has 7 heteroatoms. The average molecular weight is 456 g/mol. The van der Waals surface area contributed by atoms with Gasteiger partial charge in [0.1, 0.15) is 11.3 Å². The summed E-state index contributed by atoms with van der Waals surface area (Å²) in [5.74, 6) is 0.474. The monoisotopic (exact) mass is 455 g/mol. The third-order valence-corrected chi connectivity index (χ3v) is 6.53. The van der Waals surface area contributed by atoms with Gasteiger partial charge in [-0.3, -0.25) is 14.6 Å². The number of carbonyl (C=O) groups is 1. The number of aryl methyl sites for hydroxylation is 1. The molecular formula is C27H29N5O2. The summed E-state index contributed by atoms with van der Waals surface area (Å²) >= 11 is 0. The molecule has 1 amide bonds. The molecule has 0 bridgehead atoms. The van der Waals surface area contributed by atoms with Crippen molar-refractivity contribution in [3.05, 3.63) is 59.5 Å². The van der Waals surface area contributed by atoms with E-state index in [9.17, 15) is 10.1 Å². The van der Waals surface area contributed by atoms with E-state index in [1.165, 1.54) is 0 Å². The average Bonchev–Trinajstić information content (AvgIpc) is 3.58. The van der Waals surface area contributed by atoms with Crippen LogP contribution in [0.5, 0.6) is 0 Å². The zero-order chi connectivity index (χ0) is 24.0.